The van der Waals surface area contributed by atoms with Gasteiger partial charge in [0.1, 0.15) is 28.5 Å². The summed E-state index contributed by atoms with van der Waals surface area (Å²) in [5, 5.41) is 3.47. The number of para-hydroxylation sites is 1. The molecule has 0 aliphatic rings. The monoisotopic (exact) mass is 378 g/mol. The van der Waals surface area contributed by atoms with Crippen molar-refractivity contribution < 1.29 is 9.53 Å². The van der Waals surface area contributed by atoms with Crippen molar-refractivity contribution in [2.24, 2.45) is 7.05 Å². The number of nitrogens with zero attached hydrogens (tertiary/aromatic N) is 2. The number of methoxy groups -OCH3 is 1. The minimum Gasteiger partial charge on any atom is -0.496 e. The molecule has 2 aromatic heterocycles. The summed E-state index contributed by atoms with van der Waals surface area (Å²) in [5.41, 5.74) is 1.06. The number of halogens is 2. The summed E-state index contributed by atoms with van der Waals surface area (Å²) in [6.45, 7) is 0. The maximum absolute atomic E-state index is 12.7. The number of carbonyl (C=O) groups is 1. The van der Waals surface area contributed by atoms with Crippen molar-refractivity contribution in [1.29, 1.82) is 0 Å². The number of hydrogen-bond acceptors (Lipinski definition) is 3. The number of ether oxygens (including phenoxy) is 1. The van der Waals surface area contributed by atoms with Crippen LogP contribution in [-0.4, -0.2) is 27.6 Å². The molecule has 0 radical (unpaired) electrons. The van der Waals surface area contributed by atoms with E-state index in [1.54, 1.807) is 13.3 Å². The lowest BCUT2D eigenvalue weighted by Crippen LogP contribution is -2.31. The van der Waals surface area contributed by atoms with Gasteiger partial charge in [-0.25, -0.2) is 4.98 Å². The third-order valence-electron chi connectivity index (χ3n) is 3.81. The van der Waals surface area contributed by atoms with Crippen LogP contribution in [0.25, 0.3) is 0 Å². The van der Waals surface area contributed by atoms with E-state index in [1.165, 1.54) is 6.07 Å². The molecule has 1 aromatic carbocycles. The standard InChI is InChI=1S/C17H16Cl2N4O2/c1-23-8-7-20-16(23)14(10-5-3-4-6-13(10)25-2)22-17(24)12-9-11(18)15(19)21-12/h3-9,14,21H,1-2H3,(H,22,24). The molecule has 0 aliphatic carbocycles. The van der Waals surface area contributed by atoms with Gasteiger partial charge in [0.25, 0.3) is 5.91 Å². The van der Waals surface area contributed by atoms with Crippen molar-refractivity contribution >= 4 is 29.1 Å². The lowest BCUT2D eigenvalue weighted by atomic mass is 10.0. The maximum atomic E-state index is 12.7. The van der Waals surface area contributed by atoms with E-state index in [-0.39, 0.29) is 21.8 Å². The van der Waals surface area contributed by atoms with Crippen LogP contribution in [0.4, 0.5) is 0 Å². The fourth-order valence-corrected chi connectivity index (χ4v) is 2.89. The molecule has 1 amide bonds. The van der Waals surface area contributed by atoms with Gasteiger partial charge in [-0.15, -0.1) is 0 Å². The topological polar surface area (TPSA) is 71.9 Å². The van der Waals surface area contributed by atoms with E-state index >= 15 is 0 Å². The molecule has 3 rings (SSSR count). The van der Waals surface area contributed by atoms with Gasteiger partial charge < -0.3 is 19.6 Å². The van der Waals surface area contributed by atoms with Gasteiger partial charge in [0.2, 0.25) is 0 Å². The third kappa shape index (κ3) is 3.50. The summed E-state index contributed by atoms with van der Waals surface area (Å²) in [7, 11) is 3.44. The molecule has 0 aliphatic heterocycles. The first-order valence-electron chi connectivity index (χ1n) is 7.46. The highest BCUT2D eigenvalue weighted by Crippen LogP contribution is 2.29. The molecule has 6 nitrogen and oxygen atoms in total. The third-order valence-corrected chi connectivity index (χ3v) is 4.50. The largest absolute Gasteiger partial charge is 0.496 e. The van der Waals surface area contributed by atoms with Crippen LogP contribution in [0.1, 0.15) is 27.9 Å². The Balaban J connectivity index is 2.00. The maximum Gasteiger partial charge on any atom is 0.268 e. The molecule has 0 bridgehead atoms. The van der Waals surface area contributed by atoms with Crippen molar-refractivity contribution in [2.75, 3.05) is 7.11 Å². The van der Waals surface area contributed by atoms with E-state index in [0.717, 1.165) is 5.56 Å². The number of hydrogen-bond donors (Lipinski definition) is 2. The average Bonchev–Trinajstić information content (AvgIpc) is 3.18. The zero-order chi connectivity index (χ0) is 18.0. The number of imidazole rings is 1. The van der Waals surface area contributed by atoms with E-state index in [0.29, 0.717) is 11.6 Å². The second kappa shape index (κ2) is 7.21. The van der Waals surface area contributed by atoms with E-state index in [2.05, 4.69) is 15.3 Å². The van der Waals surface area contributed by atoms with Crippen molar-refractivity contribution in [3.63, 3.8) is 0 Å². The molecule has 2 heterocycles. The Kier molecular flexibility index (Phi) is 5.01. The van der Waals surface area contributed by atoms with Gasteiger partial charge in [-0.05, 0) is 12.1 Å². The summed E-state index contributed by atoms with van der Waals surface area (Å²) in [4.78, 5) is 19.8. The quantitative estimate of drug-likeness (QED) is 0.712. The number of aromatic amines is 1. The number of rotatable bonds is 5. The number of aryl methyl sites for hydroxylation is 1. The van der Waals surface area contributed by atoms with Crippen LogP contribution < -0.4 is 10.1 Å². The summed E-state index contributed by atoms with van der Waals surface area (Å²) in [6.07, 6.45) is 3.48. The van der Waals surface area contributed by atoms with Crippen molar-refractivity contribution in [3.05, 3.63) is 70.0 Å². The van der Waals surface area contributed by atoms with Crippen LogP contribution in [0.2, 0.25) is 10.2 Å². The molecular weight excluding hydrogens is 363 g/mol. The molecule has 130 valence electrons. The number of amides is 1. The van der Waals surface area contributed by atoms with E-state index in [9.17, 15) is 4.79 Å². The minimum absolute atomic E-state index is 0.220. The number of carbonyl (C=O) groups excluding carboxylic acids is 1. The highest BCUT2D eigenvalue weighted by atomic mass is 35.5. The summed E-state index contributed by atoms with van der Waals surface area (Å²) >= 11 is 11.8. The summed E-state index contributed by atoms with van der Waals surface area (Å²) in [6, 6.07) is 8.43. The van der Waals surface area contributed by atoms with Crippen molar-refractivity contribution in [1.82, 2.24) is 19.9 Å². The van der Waals surface area contributed by atoms with E-state index in [1.807, 2.05) is 42.1 Å². The fourth-order valence-electron chi connectivity index (χ4n) is 2.58. The average molecular weight is 379 g/mol. The molecular formula is C17H16Cl2N4O2. The van der Waals surface area contributed by atoms with Crippen LogP contribution >= 0.6 is 23.2 Å². The van der Waals surface area contributed by atoms with Gasteiger partial charge in [0.05, 0.1) is 12.1 Å². The van der Waals surface area contributed by atoms with Gasteiger partial charge in [0, 0.05) is 25.0 Å². The molecule has 1 atom stereocenters. The first-order valence-corrected chi connectivity index (χ1v) is 8.22. The molecule has 0 saturated carbocycles. The van der Waals surface area contributed by atoms with Crippen LogP contribution in [0.5, 0.6) is 5.75 Å². The van der Waals surface area contributed by atoms with Gasteiger partial charge in [-0.1, -0.05) is 41.4 Å². The molecule has 1 unspecified atom stereocenters. The number of benzene rings is 1. The molecule has 2 N–H and O–H groups in total. The second-order valence-electron chi connectivity index (χ2n) is 5.39. The Morgan fingerprint density at radius 2 is 2.12 bits per heavy atom. The van der Waals surface area contributed by atoms with E-state index in [4.69, 9.17) is 27.9 Å². The van der Waals surface area contributed by atoms with Gasteiger partial charge in [-0.2, -0.15) is 0 Å². The second-order valence-corrected chi connectivity index (χ2v) is 6.17. The lowest BCUT2D eigenvalue weighted by Gasteiger charge is -2.21. The Bertz CT molecular complexity index is 884. The van der Waals surface area contributed by atoms with E-state index < -0.39 is 6.04 Å². The highest BCUT2D eigenvalue weighted by molar-refractivity contribution is 6.41. The smallest absolute Gasteiger partial charge is 0.268 e. The predicted molar refractivity (Wildman–Crippen MR) is 96.3 cm³/mol. The molecule has 0 fully saturated rings. The van der Waals surface area contributed by atoms with Crippen LogP contribution in [0, 0.1) is 0 Å². The van der Waals surface area contributed by atoms with Crippen LogP contribution in [0.3, 0.4) is 0 Å². The zero-order valence-corrected chi connectivity index (χ0v) is 15.1. The fraction of sp³-hybridized carbons (Fsp3) is 0.176. The number of H-pyrrole nitrogens is 1. The molecule has 25 heavy (non-hydrogen) atoms. The summed E-state index contributed by atoms with van der Waals surface area (Å²) in [5.74, 6) is 0.965. The molecule has 8 heteroatoms. The number of aromatic nitrogens is 3. The van der Waals surface area contributed by atoms with Crippen LogP contribution in [-0.2, 0) is 7.05 Å². The first-order chi connectivity index (χ1) is 12.0. The highest BCUT2D eigenvalue weighted by Gasteiger charge is 2.25. The summed E-state index contributed by atoms with van der Waals surface area (Å²) < 4.78 is 7.28. The van der Waals surface area contributed by atoms with Gasteiger partial charge >= 0.3 is 0 Å². The van der Waals surface area contributed by atoms with Crippen LogP contribution in [0.15, 0.2) is 42.7 Å². The van der Waals surface area contributed by atoms with Gasteiger partial charge in [0.15, 0.2) is 0 Å². The minimum atomic E-state index is -0.510. The number of nitrogens with one attached hydrogen (secondary N) is 2. The first kappa shape index (κ1) is 17.4. The molecule has 0 saturated heterocycles. The zero-order valence-electron chi connectivity index (χ0n) is 13.6. The lowest BCUT2D eigenvalue weighted by molar-refractivity contribution is 0.0936. The predicted octanol–water partition coefficient (Wildman–Crippen LogP) is 3.58. The Morgan fingerprint density at radius 3 is 2.72 bits per heavy atom. The molecule has 3 aromatic rings. The van der Waals surface area contributed by atoms with Crippen molar-refractivity contribution in [2.45, 2.75) is 6.04 Å². The Morgan fingerprint density at radius 1 is 1.36 bits per heavy atom. The Hall–Kier alpha value is -2.44. The van der Waals surface area contributed by atoms with Gasteiger partial charge in [-0.3, -0.25) is 4.79 Å². The Labute approximate surface area is 154 Å². The SMILES string of the molecule is COc1ccccc1C(NC(=O)c1cc(Cl)c(Cl)[nH]1)c1nccn1C. The normalized spacial score (nSPS) is 12.0. The molecule has 0 spiro atoms. The van der Waals surface area contributed by atoms with Crippen molar-refractivity contribution in [3.8, 4) is 5.75 Å².